The van der Waals surface area contributed by atoms with E-state index in [-0.39, 0.29) is 17.8 Å². The Morgan fingerprint density at radius 3 is 2.52 bits per heavy atom. The van der Waals surface area contributed by atoms with Crippen molar-refractivity contribution in [2.75, 3.05) is 32.7 Å². The number of hydrogen-bond donors (Lipinski definition) is 0. The average molecular weight is 396 g/mol. The molecule has 5 heteroatoms. The van der Waals surface area contributed by atoms with Crippen LogP contribution in [0.15, 0.2) is 48.5 Å². The first kappa shape index (κ1) is 20.0. The number of benzene rings is 2. The second kappa shape index (κ2) is 9.06. The molecule has 0 N–H and O–H groups in total. The lowest BCUT2D eigenvalue weighted by Crippen LogP contribution is -2.49. The lowest BCUT2D eigenvalue weighted by atomic mass is 9.99. The van der Waals surface area contributed by atoms with Crippen molar-refractivity contribution in [2.45, 2.75) is 38.9 Å². The minimum atomic E-state index is -0.191. The van der Waals surface area contributed by atoms with Crippen LogP contribution in [0.25, 0.3) is 0 Å². The van der Waals surface area contributed by atoms with Gasteiger partial charge < -0.3 is 4.90 Å². The molecule has 0 radical (unpaired) electrons. The van der Waals surface area contributed by atoms with Gasteiger partial charge in [-0.25, -0.2) is 4.39 Å². The van der Waals surface area contributed by atoms with Crippen molar-refractivity contribution in [2.24, 2.45) is 0 Å². The Morgan fingerprint density at radius 2 is 1.72 bits per heavy atom. The SMILES string of the molecule is CC(C(=O)N1CCc2ccccc2C1)N1CCCN(Cc2ccc(F)cc2)CC1. The van der Waals surface area contributed by atoms with Gasteiger partial charge in [-0.1, -0.05) is 36.4 Å². The molecule has 0 aromatic heterocycles. The summed E-state index contributed by atoms with van der Waals surface area (Å²) in [5.41, 5.74) is 3.78. The van der Waals surface area contributed by atoms with Crippen molar-refractivity contribution in [3.8, 4) is 0 Å². The molecular weight excluding hydrogens is 365 g/mol. The molecule has 0 spiro atoms. The zero-order valence-electron chi connectivity index (χ0n) is 17.2. The molecule has 2 aliphatic heterocycles. The Kier molecular flexibility index (Phi) is 6.26. The Balaban J connectivity index is 1.33. The fourth-order valence-corrected chi connectivity index (χ4v) is 4.49. The predicted octanol–water partition coefficient (Wildman–Crippen LogP) is 3.31. The van der Waals surface area contributed by atoms with Crippen molar-refractivity contribution in [3.63, 3.8) is 0 Å². The Labute approximate surface area is 172 Å². The van der Waals surface area contributed by atoms with Crippen LogP contribution in [0.1, 0.15) is 30.0 Å². The molecular formula is C24H30FN3O. The fourth-order valence-electron chi connectivity index (χ4n) is 4.49. The first-order chi connectivity index (χ1) is 14.1. The molecule has 1 saturated heterocycles. The van der Waals surface area contributed by atoms with Gasteiger partial charge in [0, 0.05) is 39.3 Å². The molecule has 0 bridgehead atoms. The fraction of sp³-hybridized carbons (Fsp3) is 0.458. The van der Waals surface area contributed by atoms with E-state index in [2.05, 4.69) is 41.0 Å². The third-order valence-electron chi connectivity index (χ3n) is 6.29. The molecule has 1 atom stereocenters. The third kappa shape index (κ3) is 4.85. The summed E-state index contributed by atoms with van der Waals surface area (Å²) >= 11 is 0. The summed E-state index contributed by atoms with van der Waals surface area (Å²) in [7, 11) is 0. The van der Waals surface area contributed by atoms with Gasteiger partial charge in [0.15, 0.2) is 0 Å². The molecule has 29 heavy (non-hydrogen) atoms. The van der Waals surface area contributed by atoms with E-state index in [1.165, 1.54) is 23.3 Å². The molecule has 1 unspecified atom stereocenters. The van der Waals surface area contributed by atoms with E-state index in [9.17, 15) is 9.18 Å². The van der Waals surface area contributed by atoms with Gasteiger partial charge >= 0.3 is 0 Å². The highest BCUT2D eigenvalue weighted by Gasteiger charge is 2.29. The average Bonchev–Trinajstić information content (AvgIpc) is 2.99. The lowest BCUT2D eigenvalue weighted by Gasteiger charge is -2.34. The number of hydrogen-bond acceptors (Lipinski definition) is 3. The highest BCUT2D eigenvalue weighted by molar-refractivity contribution is 5.81. The largest absolute Gasteiger partial charge is 0.337 e. The smallest absolute Gasteiger partial charge is 0.239 e. The van der Waals surface area contributed by atoms with Crippen molar-refractivity contribution in [3.05, 3.63) is 71.0 Å². The maximum Gasteiger partial charge on any atom is 0.239 e. The van der Waals surface area contributed by atoms with Crippen molar-refractivity contribution in [1.29, 1.82) is 0 Å². The minimum absolute atomic E-state index is 0.0916. The highest BCUT2D eigenvalue weighted by Crippen LogP contribution is 2.20. The molecule has 2 aromatic carbocycles. The van der Waals surface area contributed by atoms with Crippen LogP contribution in [0.4, 0.5) is 4.39 Å². The van der Waals surface area contributed by atoms with Crippen LogP contribution in [0.3, 0.4) is 0 Å². The van der Waals surface area contributed by atoms with Gasteiger partial charge in [-0.3, -0.25) is 14.6 Å². The summed E-state index contributed by atoms with van der Waals surface area (Å²) in [6.45, 7) is 8.19. The summed E-state index contributed by atoms with van der Waals surface area (Å²) in [6.07, 6.45) is 1.99. The van der Waals surface area contributed by atoms with Gasteiger partial charge in [-0.2, -0.15) is 0 Å². The van der Waals surface area contributed by atoms with Crippen LogP contribution in [0.5, 0.6) is 0 Å². The summed E-state index contributed by atoms with van der Waals surface area (Å²) < 4.78 is 13.1. The molecule has 1 fully saturated rings. The molecule has 0 saturated carbocycles. The zero-order chi connectivity index (χ0) is 20.2. The van der Waals surface area contributed by atoms with Gasteiger partial charge in [0.25, 0.3) is 0 Å². The molecule has 2 heterocycles. The van der Waals surface area contributed by atoms with Gasteiger partial charge in [0.2, 0.25) is 5.91 Å². The van der Waals surface area contributed by atoms with Crippen LogP contribution < -0.4 is 0 Å². The number of carbonyl (C=O) groups excluding carboxylic acids is 1. The molecule has 154 valence electrons. The second-order valence-electron chi connectivity index (χ2n) is 8.25. The van der Waals surface area contributed by atoms with Crippen LogP contribution in [-0.4, -0.2) is 59.4 Å². The zero-order valence-corrected chi connectivity index (χ0v) is 17.2. The van der Waals surface area contributed by atoms with Crippen molar-refractivity contribution < 1.29 is 9.18 Å². The van der Waals surface area contributed by atoms with Gasteiger partial charge in [-0.05, 0) is 55.1 Å². The first-order valence-electron chi connectivity index (χ1n) is 10.7. The van der Waals surface area contributed by atoms with E-state index in [1.54, 1.807) is 0 Å². The predicted molar refractivity (Wildman–Crippen MR) is 113 cm³/mol. The van der Waals surface area contributed by atoms with E-state index in [0.29, 0.717) is 0 Å². The minimum Gasteiger partial charge on any atom is -0.337 e. The Morgan fingerprint density at radius 1 is 0.966 bits per heavy atom. The van der Waals surface area contributed by atoms with E-state index in [4.69, 9.17) is 0 Å². The number of nitrogens with zero attached hydrogens (tertiary/aromatic N) is 3. The van der Waals surface area contributed by atoms with Gasteiger partial charge in [0.05, 0.1) is 6.04 Å². The lowest BCUT2D eigenvalue weighted by molar-refractivity contribution is -0.137. The van der Waals surface area contributed by atoms with Crippen LogP contribution in [0, 0.1) is 5.82 Å². The molecule has 1 amide bonds. The monoisotopic (exact) mass is 395 g/mol. The van der Waals surface area contributed by atoms with Crippen LogP contribution in [-0.2, 0) is 24.3 Å². The quantitative estimate of drug-likeness (QED) is 0.795. The molecule has 2 aliphatic rings. The van der Waals surface area contributed by atoms with Crippen molar-refractivity contribution >= 4 is 5.91 Å². The van der Waals surface area contributed by atoms with Crippen LogP contribution in [0.2, 0.25) is 0 Å². The van der Waals surface area contributed by atoms with Gasteiger partial charge in [-0.15, -0.1) is 0 Å². The summed E-state index contributed by atoms with van der Waals surface area (Å²) in [4.78, 5) is 19.9. The summed E-state index contributed by atoms with van der Waals surface area (Å²) in [6, 6.07) is 15.1. The molecule has 4 nitrogen and oxygen atoms in total. The Bertz CT molecular complexity index is 838. The molecule has 2 aromatic rings. The molecule has 4 rings (SSSR count). The standard InChI is InChI=1S/C24H30FN3O/c1-19(24(29)28-14-11-21-5-2-3-6-22(21)18-28)27-13-4-12-26(15-16-27)17-20-7-9-23(25)10-8-20/h2-3,5-10,19H,4,11-18H2,1H3. The maximum absolute atomic E-state index is 13.2. The number of carbonyl (C=O) groups is 1. The maximum atomic E-state index is 13.2. The van der Waals surface area contributed by atoms with E-state index in [0.717, 1.165) is 64.2 Å². The van der Waals surface area contributed by atoms with Crippen molar-refractivity contribution in [1.82, 2.24) is 14.7 Å². The summed E-state index contributed by atoms with van der Waals surface area (Å²) in [5.74, 6) is 0.0509. The van der Waals surface area contributed by atoms with E-state index < -0.39 is 0 Å². The summed E-state index contributed by atoms with van der Waals surface area (Å²) in [5, 5.41) is 0. The number of amides is 1. The topological polar surface area (TPSA) is 26.8 Å². The second-order valence-corrected chi connectivity index (χ2v) is 8.25. The third-order valence-corrected chi connectivity index (χ3v) is 6.29. The van der Waals surface area contributed by atoms with Crippen LogP contribution >= 0.6 is 0 Å². The van der Waals surface area contributed by atoms with Gasteiger partial charge in [0.1, 0.15) is 5.82 Å². The van der Waals surface area contributed by atoms with E-state index >= 15 is 0 Å². The normalized spacial score (nSPS) is 19.4. The molecule has 0 aliphatic carbocycles. The van der Waals surface area contributed by atoms with E-state index in [1.807, 2.05) is 17.0 Å². The number of rotatable bonds is 4. The number of fused-ring (bicyclic) bond motifs is 1. The Hall–Kier alpha value is -2.24. The highest BCUT2D eigenvalue weighted by atomic mass is 19.1. The first-order valence-corrected chi connectivity index (χ1v) is 10.7. The number of halogens is 1.